The molecule has 2 N–H and O–H groups in total. The van der Waals surface area contributed by atoms with Crippen molar-refractivity contribution in [1.82, 2.24) is 9.80 Å². The zero-order chi connectivity index (χ0) is 28.0. The lowest BCUT2D eigenvalue weighted by atomic mass is 9.82. The van der Waals surface area contributed by atoms with Crippen molar-refractivity contribution in [2.24, 2.45) is 0 Å². The molecule has 2 amide bonds. The van der Waals surface area contributed by atoms with Gasteiger partial charge < -0.3 is 10.6 Å². The average molecular weight is 551 g/mol. The second kappa shape index (κ2) is 12.7. The van der Waals surface area contributed by atoms with E-state index in [-0.39, 0.29) is 20.6 Å². The van der Waals surface area contributed by atoms with Gasteiger partial charge in [-0.3, -0.25) is 19.4 Å². The second-order valence-electron chi connectivity index (χ2n) is 11.3. The number of fused-ring (bicyclic) bond motifs is 1. The van der Waals surface area contributed by atoms with Crippen molar-refractivity contribution in [3.63, 3.8) is 0 Å². The highest BCUT2D eigenvalue weighted by Gasteiger charge is 2.21. The lowest BCUT2D eigenvalue weighted by Gasteiger charge is -2.22. The molecule has 2 saturated heterocycles. The molecule has 0 aromatic heterocycles. The van der Waals surface area contributed by atoms with Crippen LogP contribution in [0.15, 0.2) is 91.0 Å². The van der Waals surface area contributed by atoms with Crippen LogP contribution in [0.1, 0.15) is 51.1 Å². The van der Waals surface area contributed by atoms with Crippen molar-refractivity contribution in [3.05, 3.63) is 108 Å². The first kappa shape index (κ1) is 27.2. The zero-order valence-corrected chi connectivity index (χ0v) is 23.5. The monoisotopic (exact) mass is 550 g/mol. The summed E-state index contributed by atoms with van der Waals surface area (Å²) in [4.78, 5) is 29.6. The largest absolute Gasteiger partial charge is 0.325 e. The van der Waals surface area contributed by atoms with Gasteiger partial charge in [-0.1, -0.05) is 66.7 Å². The molecule has 6 nitrogen and oxygen atoms in total. The molecule has 4 aromatic rings. The molecule has 4 aromatic carbocycles. The van der Waals surface area contributed by atoms with Crippen LogP contribution in [0.3, 0.4) is 0 Å². The number of nitrogens with zero attached hydrogens (tertiary/aromatic N) is 2. The molecule has 0 aliphatic carbocycles. The van der Waals surface area contributed by atoms with Gasteiger partial charge in [-0.2, -0.15) is 0 Å². The molecule has 0 spiro atoms. The molecule has 0 saturated carbocycles. The van der Waals surface area contributed by atoms with Crippen LogP contribution < -0.4 is 10.6 Å². The molecule has 0 radical (unpaired) electrons. The van der Waals surface area contributed by atoms with E-state index in [1.807, 2.05) is 24.3 Å². The molecule has 0 bridgehead atoms. The summed E-state index contributed by atoms with van der Waals surface area (Å²) in [6.07, 6.45) is 4.68. The highest BCUT2D eigenvalue weighted by molar-refractivity contribution is 5.93. The van der Waals surface area contributed by atoms with Gasteiger partial charge in [0.1, 0.15) is 0 Å². The normalized spacial score (nSPS) is 15.9. The fraction of sp³-hybridized carbons (Fsp3) is 0.314. The topological polar surface area (TPSA) is 64.7 Å². The predicted octanol–water partition coefficient (Wildman–Crippen LogP) is 6.58. The van der Waals surface area contributed by atoms with Crippen molar-refractivity contribution in [2.45, 2.75) is 31.6 Å². The van der Waals surface area contributed by atoms with Crippen LogP contribution in [0, 0.1) is 0 Å². The molecule has 0 atom stereocenters. The summed E-state index contributed by atoms with van der Waals surface area (Å²) < 4.78 is 0. The summed E-state index contributed by atoms with van der Waals surface area (Å²) in [5.74, 6) is 0.0602. The van der Waals surface area contributed by atoms with Crippen molar-refractivity contribution < 1.29 is 12.4 Å². The van der Waals surface area contributed by atoms with Gasteiger partial charge in [-0.05, 0) is 104 Å². The van der Waals surface area contributed by atoms with E-state index in [4.69, 9.17) is 0 Å². The summed E-state index contributed by atoms with van der Waals surface area (Å²) >= 11 is 0. The lowest BCUT2D eigenvalue weighted by Crippen LogP contribution is -2.30. The number of rotatable bonds is 9. The summed E-state index contributed by atoms with van der Waals surface area (Å²) in [7, 11) is 0. The molecule has 6 heteroatoms. The second-order valence-corrected chi connectivity index (χ2v) is 11.3. The molecule has 0 unspecified atom stereocenters. The molecule has 2 heterocycles. The Morgan fingerprint density at radius 2 is 1.07 bits per heavy atom. The number of hydrogen-bond acceptors (Lipinski definition) is 4. The molecule has 2 aliphatic heterocycles. The molecular formula is C35H42N4O2. The Hall–Kier alpha value is -4.00. The summed E-state index contributed by atoms with van der Waals surface area (Å²) in [6, 6.07) is 31.4. The molecule has 41 heavy (non-hydrogen) atoms. The Labute approximate surface area is 245 Å². The third-order valence-corrected chi connectivity index (χ3v) is 8.32. The average Bonchev–Trinajstić information content (AvgIpc) is 3.70. The Kier molecular flexibility index (Phi) is 8.40. The van der Waals surface area contributed by atoms with Gasteiger partial charge in [0.15, 0.2) is 0 Å². The highest BCUT2D eigenvalue weighted by Crippen LogP contribution is 2.37. The number of amides is 2. The van der Waals surface area contributed by atoms with Crippen LogP contribution in [-0.2, 0) is 9.59 Å². The first-order valence-corrected chi connectivity index (χ1v) is 14.8. The number of nitrogens with one attached hydrogen (secondary N) is 2. The van der Waals surface area contributed by atoms with Gasteiger partial charge in [0.2, 0.25) is 11.8 Å². The van der Waals surface area contributed by atoms with Gasteiger partial charge >= 0.3 is 0 Å². The maximum Gasteiger partial charge on any atom is 0.238 e. The Balaban J connectivity index is 0.00000212. The number of hydrogen-bond donors (Lipinski definition) is 2. The minimum atomic E-state index is -0.00944. The van der Waals surface area contributed by atoms with E-state index in [9.17, 15) is 9.59 Å². The third-order valence-electron chi connectivity index (χ3n) is 8.32. The Morgan fingerprint density at radius 3 is 1.59 bits per heavy atom. The van der Waals surface area contributed by atoms with Crippen molar-refractivity contribution in [1.29, 1.82) is 0 Å². The number of benzene rings is 4. The molecule has 214 valence electrons. The minimum Gasteiger partial charge on any atom is -0.325 e. The standard InChI is InChI=1S/C35H38N4O2.2H2/c40-33(24-38-20-3-4-21-38)36-29-16-12-27(13-17-29)35(32-11-7-9-26-8-1-2-10-31(26)32)28-14-18-30(19-15-28)37-34(41)25-39-22-5-6-23-39;;/h1-2,7-19,35H,3-6,20-25H2,(H,36,40)(H,37,41);2*1H. The van der Waals surface area contributed by atoms with Crippen LogP contribution in [-0.4, -0.2) is 60.9 Å². The van der Waals surface area contributed by atoms with Crippen molar-refractivity contribution in [2.75, 3.05) is 49.9 Å². The third kappa shape index (κ3) is 6.67. The number of likely N-dealkylation sites (tertiary alicyclic amines) is 2. The quantitative estimate of drug-likeness (QED) is 0.231. The predicted molar refractivity (Wildman–Crippen MR) is 171 cm³/mol. The number of anilines is 2. The van der Waals surface area contributed by atoms with Crippen LogP contribution in [0.2, 0.25) is 0 Å². The van der Waals surface area contributed by atoms with E-state index in [1.54, 1.807) is 0 Å². The summed E-state index contributed by atoms with van der Waals surface area (Å²) in [5, 5.41) is 8.56. The van der Waals surface area contributed by atoms with E-state index < -0.39 is 0 Å². The van der Waals surface area contributed by atoms with Crippen molar-refractivity contribution in [3.8, 4) is 0 Å². The fourth-order valence-corrected chi connectivity index (χ4v) is 6.26. The molecule has 6 rings (SSSR count). The van der Waals surface area contributed by atoms with Crippen LogP contribution in [0.25, 0.3) is 10.8 Å². The van der Waals surface area contributed by atoms with E-state index in [2.05, 4.69) is 87.2 Å². The first-order valence-electron chi connectivity index (χ1n) is 14.8. The summed E-state index contributed by atoms with van der Waals surface area (Å²) in [6.45, 7) is 4.89. The van der Waals surface area contributed by atoms with E-state index in [0.717, 1.165) is 48.7 Å². The molecule has 2 fully saturated rings. The first-order chi connectivity index (χ1) is 20.1. The van der Waals surface area contributed by atoms with Gasteiger partial charge in [0, 0.05) is 20.1 Å². The van der Waals surface area contributed by atoms with Crippen LogP contribution in [0.5, 0.6) is 0 Å². The van der Waals surface area contributed by atoms with E-state index in [0.29, 0.717) is 13.1 Å². The van der Waals surface area contributed by atoms with Gasteiger partial charge in [0.25, 0.3) is 0 Å². The minimum absolute atomic E-state index is 0. The molecular weight excluding hydrogens is 508 g/mol. The maximum absolute atomic E-state index is 12.6. The number of carbonyl (C=O) groups is 2. The molecule has 2 aliphatic rings. The van der Waals surface area contributed by atoms with Crippen LogP contribution >= 0.6 is 0 Å². The lowest BCUT2D eigenvalue weighted by molar-refractivity contribution is -0.117. The van der Waals surface area contributed by atoms with Gasteiger partial charge in [-0.25, -0.2) is 0 Å². The smallest absolute Gasteiger partial charge is 0.238 e. The fourth-order valence-electron chi connectivity index (χ4n) is 6.26. The highest BCUT2D eigenvalue weighted by atomic mass is 16.2. The zero-order valence-electron chi connectivity index (χ0n) is 23.5. The Bertz CT molecular complexity index is 1420. The van der Waals surface area contributed by atoms with E-state index >= 15 is 0 Å². The maximum atomic E-state index is 12.6. The number of carbonyl (C=O) groups excluding carboxylic acids is 2. The SMILES string of the molecule is O=C(CN1CCCC1)Nc1ccc(C(c2ccc(NC(=O)CN3CCCC3)cc2)c2cccc3ccccc23)cc1.[HH].[HH]. The summed E-state index contributed by atoms with van der Waals surface area (Å²) in [5.41, 5.74) is 5.13. The Morgan fingerprint density at radius 1 is 0.610 bits per heavy atom. The van der Waals surface area contributed by atoms with Crippen LogP contribution in [0.4, 0.5) is 11.4 Å². The van der Waals surface area contributed by atoms with Gasteiger partial charge in [-0.15, -0.1) is 0 Å². The van der Waals surface area contributed by atoms with E-state index in [1.165, 1.54) is 42.0 Å². The van der Waals surface area contributed by atoms with Gasteiger partial charge in [0.05, 0.1) is 13.1 Å². The van der Waals surface area contributed by atoms with Crippen molar-refractivity contribution >= 4 is 34.0 Å².